The second-order valence-electron chi connectivity index (χ2n) is 6.97. The standard InChI is InChI=1S/C17H20ClN6/c1-17(2,3)24-15(8-12(23-24)11-6-4-5-7-11)21-14-10-20-13(9-19)16(18)22-14/h4,8,10-11H,5-7H2,1-3H3,(H,21,22)/t11-/m0/s1. The van der Waals surface area contributed by atoms with Crippen molar-refractivity contribution in [1.29, 1.82) is 5.26 Å². The summed E-state index contributed by atoms with van der Waals surface area (Å²) in [4.78, 5) is 8.21. The molecule has 7 heteroatoms. The zero-order valence-corrected chi connectivity index (χ0v) is 14.8. The van der Waals surface area contributed by atoms with E-state index in [1.54, 1.807) is 0 Å². The van der Waals surface area contributed by atoms with Crippen LogP contribution in [0.2, 0.25) is 5.15 Å². The summed E-state index contributed by atoms with van der Waals surface area (Å²) >= 11 is 5.97. The fraction of sp³-hybridized carbons (Fsp3) is 0.471. The molecule has 0 aromatic carbocycles. The van der Waals surface area contributed by atoms with Gasteiger partial charge in [-0.15, -0.1) is 0 Å². The third-order valence-corrected chi connectivity index (χ3v) is 4.31. The highest BCUT2D eigenvalue weighted by Gasteiger charge is 2.25. The summed E-state index contributed by atoms with van der Waals surface area (Å²) in [6.07, 6.45) is 7.19. The molecule has 3 rings (SSSR count). The molecule has 2 heterocycles. The van der Waals surface area contributed by atoms with Crippen LogP contribution < -0.4 is 5.32 Å². The molecule has 0 saturated heterocycles. The molecular weight excluding hydrogens is 324 g/mol. The number of halogens is 1. The van der Waals surface area contributed by atoms with E-state index in [1.165, 1.54) is 6.20 Å². The normalized spacial score (nSPS) is 15.5. The van der Waals surface area contributed by atoms with Crippen molar-refractivity contribution in [2.45, 2.75) is 51.5 Å². The molecule has 6 nitrogen and oxygen atoms in total. The van der Waals surface area contributed by atoms with Crippen molar-refractivity contribution in [3.05, 3.63) is 35.2 Å². The molecule has 1 N–H and O–H groups in total. The van der Waals surface area contributed by atoms with Crippen LogP contribution >= 0.6 is 11.6 Å². The summed E-state index contributed by atoms with van der Waals surface area (Å²) in [5, 5.41) is 17.0. The van der Waals surface area contributed by atoms with Crippen molar-refractivity contribution in [3.8, 4) is 6.07 Å². The summed E-state index contributed by atoms with van der Waals surface area (Å²) in [6, 6.07) is 3.98. The summed E-state index contributed by atoms with van der Waals surface area (Å²) in [5.74, 6) is 1.82. The summed E-state index contributed by atoms with van der Waals surface area (Å²) in [6.45, 7) is 6.31. The van der Waals surface area contributed by atoms with Gasteiger partial charge in [0.05, 0.1) is 17.4 Å². The van der Waals surface area contributed by atoms with E-state index in [0.29, 0.717) is 11.7 Å². The van der Waals surface area contributed by atoms with E-state index < -0.39 is 0 Å². The SMILES string of the molecule is CC(C)(C)n1nc([C@H]2C[CH]CC2)cc1Nc1cnc(C#N)c(Cl)n1. The van der Waals surface area contributed by atoms with E-state index in [9.17, 15) is 0 Å². The van der Waals surface area contributed by atoms with Crippen molar-refractivity contribution in [3.63, 3.8) is 0 Å². The van der Waals surface area contributed by atoms with Gasteiger partial charge in [0, 0.05) is 12.0 Å². The lowest BCUT2D eigenvalue weighted by Crippen LogP contribution is -2.25. The number of nitrogens with zero attached hydrogens (tertiary/aromatic N) is 5. The first-order chi connectivity index (χ1) is 11.4. The smallest absolute Gasteiger partial charge is 0.178 e. The van der Waals surface area contributed by atoms with E-state index in [-0.39, 0.29) is 16.4 Å². The molecule has 0 unspecified atom stereocenters. The van der Waals surface area contributed by atoms with Gasteiger partial charge in [-0.05, 0) is 46.5 Å². The number of nitriles is 1. The number of hydrogen-bond acceptors (Lipinski definition) is 5. The Kier molecular flexibility index (Phi) is 4.46. The van der Waals surface area contributed by atoms with Gasteiger partial charge in [0.25, 0.3) is 0 Å². The Hall–Kier alpha value is -2.13. The predicted molar refractivity (Wildman–Crippen MR) is 93.2 cm³/mol. The molecular formula is C17H20ClN6. The number of hydrogen-bond donors (Lipinski definition) is 1. The Labute approximate surface area is 146 Å². The fourth-order valence-electron chi connectivity index (χ4n) is 2.86. The van der Waals surface area contributed by atoms with Gasteiger partial charge in [0.15, 0.2) is 16.7 Å². The van der Waals surface area contributed by atoms with Gasteiger partial charge in [-0.2, -0.15) is 10.4 Å². The van der Waals surface area contributed by atoms with Crippen LogP contribution in [-0.4, -0.2) is 19.7 Å². The van der Waals surface area contributed by atoms with Gasteiger partial charge in [-0.3, -0.25) is 0 Å². The maximum absolute atomic E-state index is 8.90. The van der Waals surface area contributed by atoms with Gasteiger partial charge >= 0.3 is 0 Å². The highest BCUT2D eigenvalue weighted by atomic mass is 35.5. The molecule has 2 aromatic heterocycles. The van der Waals surface area contributed by atoms with Crippen molar-refractivity contribution in [2.75, 3.05) is 5.32 Å². The molecule has 1 aliphatic carbocycles. The second-order valence-corrected chi connectivity index (χ2v) is 7.33. The molecule has 1 fully saturated rings. The molecule has 125 valence electrons. The van der Waals surface area contributed by atoms with Gasteiger partial charge < -0.3 is 5.32 Å². The number of anilines is 2. The van der Waals surface area contributed by atoms with E-state index in [0.717, 1.165) is 30.8 Å². The lowest BCUT2D eigenvalue weighted by Gasteiger charge is -2.22. The Morgan fingerprint density at radius 2 is 2.21 bits per heavy atom. The van der Waals surface area contributed by atoms with Gasteiger partial charge in [-0.1, -0.05) is 11.6 Å². The lowest BCUT2D eigenvalue weighted by molar-refractivity contribution is 0.357. The Balaban J connectivity index is 1.94. The predicted octanol–water partition coefficient (Wildman–Crippen LogP) is 4.17. The lowest BCUT2D eigenvalue weighted by atomic mass is 10.0. The molecule has 0 spiro atoms. The number of nitrogens with one attached hydrogen (secondary N) is 1. The van der Waals surface area contributed by atoms with Crippen LogP contribution in [0.5, 0.6) is 0 Å². The van der Waals surface area contributed by atoms with Crippen LogP contribution in [0.25, 0.3) is 0 Å². The zero-order chi connectivity index (χ0) is 17.3. The zero-order valence-electron chi connectivity index (χ0n) is 14.0. The average molecular weight is 344 g/mol. The van der Waals surface area contributed by atoms with Gasteiger partial charge in [0.1, 0.15) is 11.9 Å². The highest BCUT2D eigenvalue weighted by Crippen LogP contribution is 2.35. The molecule has 1 saturated carbocycles. The fourth-order valence-corrected chi connectivity index (χ4v) is 3.04. The van der Waals surface area contributed by atoms with Crippen LogP contribution in [0.3, 0.4) is 0 Å². The molecule has 1 radical (unpaired) electrons. The first-order valence-electron chi connectivity index (χ1n) is 8.00. The summed E-state index contributed by atoms with van der Waals surface area (Å²) in [5.41, 5.74) is 1.04. The quantitative estimate of drug-likeness (QED) is 0.904. The minimum atomic E-state index is -0.174. The maximum Gasteiger partial charge on any atom is 0.178 e. The van der Waals surface area contributed by atoms with E-state index in [1.807, 2.05) is 10.8 Å². The minimum absolute atomic E-state index is 0.0925. The molecule has 0 bridgehead atoms. The second kappa shape index (κ2) is 6.40. The van der Waals surface area contributed by atoms with Crippen LogP contribution in [0, 0.1) is 17.8 Å². The van der Waals surface area contributed by atoms with Crippen molar-refractivity contribution < 1.29 is 0 Å². The summed E-state index contributed by atoms with van der Waals surface area (Å²) < 4.78 is 1.97. The van der Waals surface area contributed by atoms with E-state index >= 15 is 0 Å². The molecule has 2 aromatic rings. The molecule has 0 amide bonds. The van der Waals surface area contributed by atoms with Gasteiger partial charge in [-0.25, -0.2) is 14.6 Å². The molecule has 24 heavy (non-hydrogen) atoms. The monoisotopic (exact) mass is 343 g/mol. The van der Waals surface area contributed by atoms with E-state index in [2.05, 4.69) is 48.5 Å². The molecule has 1 atom stereocenters. The minimum Gasteiger partial charge on any atom is -0.324 e. The first kappa shape index (κ1) is 16.7. The van der Waals surface area contributed by atoms with Crippen molar-refractivity contribution in [2.24, 2.45) is 0 Å². The third kappa shape index (κ3) is 3.36. The van der Waals surface area contributed by atoms with Gasteiger partial charge in [0.2, 0.25) is 0 Å². The average Bonchev–Trinajstić information content (AvgIpc) is 3.15. The largest absolute Gasteiger partial charge is 0.324 e. The Morgan fingerprint density at radius 1 is 1.42 bits per heavy atom. The van der Waals surface area contributed by atoms with Crippen LogP contribution in [0.15, 0.2) is 12.3 Å². The maximum atomic E-state index is 8.90. The number of rotatable bonds is 3. The Morgan fingerprint density at radius 3 is 2.79 bits per heavy atom. The van der Waals surface area contributed by atoms with Crippen molar-refractivity contribution >= 4 is 23.2 Å². The number of aromatic nitrogens is 4. The van der Waals surface area contributed by atoms with Crippen LogP contribution in [0.4, 0.5) is 11.6 Å². The van der Waals surface area contributed by atoms with Crippen LogP contribution in [-0.2, 0) is 5.54 Å². The van der Waals surface area contributed by atoms with E-state index in [4.69, 9.17) is 22.0 Å². The topological polar surface area (TPSA) is 79.4 Å². The third-order valence-electron chi connectivity index (χ3n) is 4.04. The summed E-state index contributed by atoms with van der Waals surface area (Å²) in [7, 11) is 0. The molecule has 1 aliphatic rings. The first-order valence-corrected chi connectivity index (χ1v) is 8.38. The Bertz CT molecular complexity index is 777. The molecule has 0 aliphatic heterocycles. The van der Waals surface area contributed by atoms with Crippen LogP contribution in [0.1, 0.15) is 57.3 Å². The van der Waals surface area contributed by atoms with Crippen molar-refractivity contribution in [1.82, 2.24) is 19.7 Å². The highest BCUT2D eigenvalue weighted by molar-refractivity contribution is 6.30.